The number of halogens is 3. The smallest absolute Gasteiger partial charge is 0.326 e. The molecular weight excluding hydrogens is 277 g/mol. The van der Waals surface area contributed by atoms with Gasteiger partial charge in [-0.2, -0.15) is 13.2 Å². The van der Waals surface area contributed by atoms with E-state index in [2.05, 4.69) is 6.58 Å². The van der Waals surface area contributed by atoms with Crippen molar-refractivity contribution >= 4 is 11.6 Å². The number of benzene rings is 1. The van der Waals surface area contributed by atoms with Gasteiger partial charge < -0.3 is 4.90 Å². The van der Waals surface area contributed by atoms with Crippen molar-refractivity contribution in [2.75, 3.05) is 13.1 Å². The van der Waals surface area contributed by atoms with E-state index in [1.165, 1.54) is 12.1 Å². The Kier molecular flexibility index (Phi) is 4.84. The molecule has 0 saturated carbocycles. The van der Waals surface area contributed by atoms with Crippen molar-refractivity contribution in [2.45, 2.75) is 6.18 Å². The van der Waals surface area contributed by atoms with Crippen LogP contribution < -0.4 is 0 Å². The molecule has 1 rings (SSSR count). The Balaban J connectivity index is 3.12. The van der Waals surface area contributed by atoms with Crippen molar-refractivity contribution in [1.29, 1.82) is 0 Å². The highest BCUT2D eigenvalue weighted by Gasteiger charge is 2.34. The molecule has 1 amide bonds. The molecule has 0 spiro atoms. The molecule has 0 unspecified atom stereocenters. The first-order valence-corrected chi connectivity index (χ1v) is 5.46. The van der Waals surface area contributed by atoms with Crippen molar-refractivity contribution in [3.8, 4) is 0 Å². The maximum Gasteiger partial charge on any atom is 0.406 e. The average molecular weight is 288 g/mol. The molecule has 0 atom stereocenters. The maximum atomic E-state index is 12.4. The third-order valence-electron chi connectivity index (χ3n) is 2.34. The Morgan fingerprint density at radius 2 is 2.00 bits per heavy atom. The minimum Gasteiger partial charge on any atom is -0.326 e. The number of hydrogen-bond donors (Lipinski definition) is 0. The van der Waals surface area contributed by atoms with E-state index in [0.717, 1.165) is 18.2 Å². The molecule has 0 saturated heterocycles. The fourth-order valence-corrected chi connectivity index (χ4v) is 1.58. The van der Waals surface area contributed by atoms with Crippen LogP contribution in [0.15, 0.2) is 36.9 Å². The number of carbonyl (C=O) groups excluding carboxylic acids is 1. The number of carbonyl (C=O) groups is 1. The number of para-hydroxylation sites is 1. The van der Waals surface area contributed by atoms with Gasteiger partial charge in [-0.25, -0.2) is 0 Å². The summed E-state index contributed by atoms with van der Waals surface area (Å²) in [6, 6.07) is 4.86. The van der Waals surface area contributed by atoms with E-state index < -0.39 is 29.2 Å². The van der Waals surface area contributed by atoms with E-state index in [1.54, 1.807) is 0 Å². The van der Waals surface area contributed by atoms with Crippen molar-refractivity contribution in [1.82, 2.24) is 4.90 Å². The molecule has 8 heteroatoms. The van der Waals surface area contributed by atoms with E-state index in [9.17, 15) is 28.1 Å². The number of nitro groups is 1. The van der Waals surface area contributed by atoms with Gasteiger partial charge in [-0.1, -0.05) is 18.2 Å². The van der Waals surface area contributed by atoms with E-state index in [1.807, 2.05) is 0 Å². The summed E-state index contributed by atoms with van der Waals surface area (Å²) in [6.45, 7) is 1.42. The molecule has 0 aliphatic heterocycles. The number of hydrogen-bond acceptors (Lipinski definition) is 3. The Morgan fingerprint density at radius 3 is 2.50 bits per heavy atom. The fraction of sp³-hybridized carbons (Fsp3) is 0.250. The molecule has 0 aromatic heterocycles. The molecule has 108 valence electrons. The lowest BCUT2D eigenvalue weighted by molar-refractivity contribution is -0.385. The second-order valence-electron chi connectivity index (χ2n) is 3.86. The van der Waals surface area contributed by atoms with E-state index in [0.29, 0.717) is 4.90 Å². The maximum absolute atomic E-state index is 12.4. The second kappa shape index (κ2) is 6.18. The SMILES string of the molecule is C=CCN(CC(F)(F)F)C(=O)c1ccccc1[N+](=O)[O-]. The van der Waals surface area contributed by atoms with Gasteiger partial charge >= 0.3 is 6.18 Å². The first kappa shape index (κ1) is 15.7. The highest BCUT2D eigenvalue weighted by molar-refractivity contribution is 5.98. The lowest BCUT2D eigenvalue weighted by Crippen LogP contribution is -2.39. The van der Waals surface area contributed by atoms with Crippen molar-refractivity contribution in [3.63, 3.8) is 0 Å². The number of nitro benzene ring substituents is 1. The van der Waals surface area contributed by atoms with Crippen LogP contribution in [0.2, 0.25) is 0 Å². The minimum atomic E-state index is -4.60. The van der Waals surface area contributed by atoms with E-state index in [4.69, 9.17) is 0 Å². The predicted molar refractivity (Wildman–Crippen MR) is 65.3 cm³/mol. The first-order chi connectivity index (χ1) is 9.26. The lowest BCUT2D eigenvalue weighted by atomic mass is 10.1. The molecule has 0 radical (unpaired) electrons. The van der Waals surface area contributed by atoms with Crippen LogP contribution in [0.3, 0.4) is 0 Å². The fourth-order valence-electron chi connectivity index (χ4n) is 1.58. The summed E-state index contributed by atoms with van der Waals surface area (Å²) in [5, 5.41) is 10.8. The zero-order valence-electron chi connectivity index (χ0n) is 10.3. The number of nitrogens with zero attached hydrogens (tertiary/aromatic N) is 2. The van der Waals surface area contributed by atoms with Crippen LogP contribution in [0.4, 0.5) is 18.9 Å². The largest absolute Gasteiger partial charge is 0.406 e. The number of amides is 1. The molecule has 0 heterocycles. The lowest BCUT2D eigenvalue weighted by Gasteiger charge is -2.22. The van der Waals surface area contributed by atoms with Gasteiger partial charge in [0.15, 0.2) is 0 Å². The van der Waals surface area contributed by atoms with Crippen LogP contribution in [-0.2, 0) is 0 Å². The molecule has 1 aromatic carbocycles. The molecule has 0 aliphatic carbocycles. The highest BCUT2D eigenvalue weighted by atomic mass is 19.4. The molecule has 0 aliphatic rings. The van der Waals surface area contributed by atoms with Crippen LogP contribution >= 0.6 is 0 Å². The molecule has 0 N–H and O–H groups in total. The van der Waals surface area contributed by atoms with E-state index >= 15 is 0 Å². The van der Waals surface area contributed by atoms with Gasteiger partial charge in [0.25, 0.3) is 11.6 Å². The molecule has 1 aromatic rings. The Labute approximate surface area is 112 Å². The van der Waals surface area contributed by atoms with Crippen LogP contribution in [-0.4, -0.2) is 35.0 Å². The molecule has 20 heavy (non-hydrogen) atoms. The quantitative estimate of drug-likeness (QED) is 0.475. The Hall–Kier alpha value is -2.38. The summed E-state index contributed by atoms with van der Waals surface area (Å²) < 4.78 is 37.2. The van der Waals surface area contributed by atoms with Crippen molar-refractivity contribution in [2.24, 2.45) is 0 Å². The summed E-state index contributed by atoms with van der Waals surface area (Å²) in [4.78, 5) is 22.4. The first-order valence-electron chi connectivity index (χ1n) is 5.46. The summed E-state index contributed by atoms with van der Waals surface area (Å²) in [7, 11) is 0. The summed E-state index contributed by atoms with van der Waals surface area (Å²) in [5.41, 5.74) is -0.919. The Morgan fingerprint density at radius 1 is 1.40 bits per heavy atom. The average Bonchev–Trinajstić information content (AvgIpc) is 2.36. The van der Waals surface area contributed by atoms with Crippen LogP contribution in [0.1, 0.15) is 10.4 Å². The predicted octanol–water partition coefficient (Wildman–Crippen LogP) is 2.79. The normalized spacial score (nSPS) is 10.9. The molecule has 5 nitrogen and oxygen atoms in total. The van der Waals surface area contributed by atoms with Crippen LogP contribution in [0, 0.1) is 10.1 Å². The highest BCUT2D eigenvalue weighted by Crippen LogP contribution is 2.22. The number of alkyl halides is 3. The zero-order chi connectivity index (χ0) is 15.3. The third kappa shape index (κ3) is 4.08. The monoisotopic (exact) mass is 288 g/mol. The third-order valence-corrected chi connectivity index (χ3v) is 2.34. The van der Waals surface area contributed by atoms with Gasteiger partial charge in [-0.05, 0) is 6.07 Å². The second-order valence-corrected chi connectivity index (χ2v) is 3.86. The van der Waals surface area contributed by atoms with Gasteiger partial charge in [0.05, 0.1) is 4.92 Å². The van der Waals surface area contributed by atoms with Gasteiger partial charge in [0.2, 0.25) is 0 Å². The Bertz CT molecular complexity index is 529. The summed E-state index contributed by atoms with van der Waals surface area (Å²) in [6.07, 6.45) is -3.47. The van der Waals surface area contributed by atoms with Crippen molar-refractivity contribution < 1.29 is 22.9 Å². The molecule has 0 fully saturated rings. The van der Waals surface area contributed by atoms with Gasteiger partial charge in [0.1, 0.15) is 12.1 Å². The summed E-state index contributed by atoms with van der Waals surface area (Å²) in [5.74, 6) is -1.06. The summed E-state index contributed by atoms with van der Waals surface area (Å²) >= 11 is 0. The van der Waals surface area contributed by atoms with Gasteiger partial charge in [-0.15, -0.1) is 6.58 Å². The van der Waals surface area contributed by atoms with Crippen LogP contribution in [0.25, 0.3) is 0 Å². The van der Waals surface area contributed by atoms with Crippen molar-refractivity contribution in [3.05, 3.63) is 52.6 Å². The zero-order valence-corrected chi connectivity index (χ0v) is 10.3. The molecular formula is C12H11F3N2O3. The number of rotatable bonds is 5. The molecule has 0 bridgehead atoms. The standard InChI is InChI=1S/C12H11F3N2O3/c1-2-7-16(8-12(13,14)15)11(18)9-5-3-4-6-10(9)17(19)20/h2-6H,1,7-8H2. The topological polar surface area (TPSA) is 63.5 Å². The minimum absolute atomic E-state index is 0.357. The van der Waals surface area contributed by atoms with Crippen LogP contribution in [0.5, 0.6) is 0 Å². The van der Waals surface area contributed by atoms with Gasteiger partial charge in [0, 0.05) is 12.6 Å². The van der Waals surface area contributed by atoms with Gasteiger partial charge in [-0.3, -0.25) is 14.9 Å². The van der Waals surface area contributed by atoms with E-state index in [-0.39, 0.29) is 12.1 Å².